The second-order valence-electron chi connectivity index (χ2n) is 4.50. The predicted molar refractivity (Wildman–Crippen MR) is 76.2 cm³/mol. The van der Waals surface area contributed by atoms with E-state index >= 15 is 0 Å². The van der Waals surface area contributed by atoms with E-state index < -0.39 is 17.7 Å². The number of hydrogen-bond acceptors (Lipinski definition) is 3. The first-order chi connectivity index (χ1) is 10.1. The summed E-state index contributed by atoms with van der Waals surface area (Å²) in [6.45, 7) is 0.782. The van der Waals surface area contributed by atoms with Crippen LogP contribution >= 0.6 is 0 Å². The normalized spacial score (nSPS) is 12.2. The number of rotatable bonds is 6. The molecule has 0 saturated heterocycles. The lowest BCUT2D eigenvalue weighted by atomic mass is 9.98. The van der Waals surface area contributed by atoms with E-state index in [1.807, 2.05) is 0 Å². The van der Waals surface area contributed by atoms with Gasteiger partial charge in [0.1, 0.15) is 12.4 Å². The number of hydrogen-bond donors (Lipinski definition) is 1. The van der Waals surface area contributed by atoms with Crippen molar-refractivity contribution in [3.63, 3.8) is 0 Å². The summed E-state index contributed by atoms with van der Waals surface area (Å²) in [6, 6.07) is 10.2. The van der Waals surface area contributed by atoms with Crippen molar-refractivity contribution in [1.29, 1.82) is 0 Å². The van der Waals surface area contributed by atoms with Gasteiger partial charge in [-0.15, -0.1) is 0 Å². The van der Waals surface area contributed by atoms with Crippen molar-refractivity contribution in [3.8, 4) is 5.75 Å². The van der Waals surface area contributed by atoms with Gasteiger partial charge in [-0.3, -0.25) is 0 Å². The fourth-order valence-corrected chi connectivity index (χ4v) is 2.03. The molecule has 0 aliphatic rings. The van der Waals surface area contributed by atoms with Crippen LogP contribution in [-0.4, -0.2) is 20.3 Å². The van der Waals surface area contributed by atoms with Crippen LogP contribution in [0, 0.1) is 11.6 Å². The molecule has 0 spiro atoms. The summed E-state index contributed by atoms with van der Waals surface area (Å²) >= 11 is 0. The molecule has 1 unspecified atom stereocenters. The molecule has 112 valence electrons. The van der Waals surface area contributed by atoms with Crippen LogP contribution in [0.4, 0.5) is 8.78 Å². The maximum atomic E-state index is 13.9. The van der Waals surface area contributed by atoms with Crippen molar-refractivity contribution in [1.82, 2.24) is 0 Å². The van der Waals surface area contributed by atoms with Crippen LogP contribution in [0.1, 0.15) is 17.2 Å². The minimum atomic E-state index is -0.934. The highest BCUT2D eigenvalue weighted by atomic mass is 19.2. The van der Waals surface area contributed by atoms with E-state index in [0.29, 0.717) is 24.5 Å². The molecule has 0 aliphatic carbocycles. The molecule has 21 heavy (non-hydrogen) atoms. The summed E-state index contributed by atoms with van der Waals surface area (Å²) in [5, 5.41) is 0. The highest BCUT2D eigenvalue weighted by Gasteiger charge is 2.19. The van der Waals surface area contributed by atoms with Crippen molar-refractivity contribution in [2.75, 3.05) is 20.3 Å². The molecule has 2 aromatic carbocycles. The van der Waals surface area contributed by atoms with Gasteiger partial charge in [-0.25, -0.2) is 8.78 Å². The van der Waals surface area contributed by atoms with E-state index in [1.165, 1.54) is 12.1 Å². The maximum absolute atomic E-state index is 13.9. The number of para-hydroxylation sites is 1. The summed E-state index contributed by atoms with van der Waals surface area (Å²) in [7, 11) is 1.57. The van der Waals surface area contributed by atoms with Crippen LogP contribution in [0.5, 0.6) is 5.75 Å². The molecule has 0 aromatic heterocycles. The molecule has 0 bridgehead atoms. The molecule has 0 radical (unpaired) electrons. The van der Waals surface area contributed by atoms with Crippen LogP contribution in [0.25, 0.3) is 0 Å². The van der Waals surface area contributed by atoms with Crippen molar-refractivity contribution in [2.24, 2.45) is 5.73 Å². The third-order valence-corrected chi connectivity index (χ3v) is 3.12. The molecule has 1 atom stereocenters. The van der Waals surface area contributed by atoms with Gasteiger partial charge in [-0.05, 0) is 12.1 Å². The lowest BCUT2D eigenvalue weighted by molar-refractivity contribution is 0.145. The molecule has 3 nitrogen and oxygen atoms in total. The summed E-state index contributed by atoms with van der Waals surface area (Å²) in [5.74, 6) is -1.32. The van der Waals surface area contributed by atoms with E-state index in [9.17, 15) is 8.78 Å². The van der Waals surface area contributed by atoms with E-state index in [-0.39, 0.29) is 5.56 Å². The van der Waals surface area contributed by atoms with E-state index in [0.717, 1.165) is 6.07 Å². The van der Waals surface area contributed by atoms with Gasteiger partial charge in [0.15, 0.2) is 11.6 Å². The molecule has 2 N–H and O–H groups in total. The Labute approximate surface area is 122 Å². The van der Waals surface area contributed by atoms with Gasteiger partial charge in [0.05, 0.1) is 12.6 Å². The van der Waals surface area contributed by atoms with E-state index in [2.05, 4.69) is 0 Å². The van der Waals surface area contributed by atoms with E-state index in [4.69, 9.17) is 15.2 Å². The molecular weight excluding hydrogens is 276 g/mol. The van der Waals surface area contributed by atoms with Crippen molar-refractivity contribution >= 4 is 0 Å². The number of methoxy groups -OCH3 is 1. The predicted octanol–water partition coefficient (Wildman–Crippen LogP) is 3.04. The first-order valence-electron chi connectivity index (χ1n) is 6.55. The van der Waals surface area contributed by atoms with Gasteiger partial charge in [0.2, 0.25) is 0 Å². The Bertz CT molecular complexity index is 605. The highest BCUT2D eigenvalue weighted by molar-refractivity contribution is 5.41. The van der Waals surface area contributed by atoms with Gasteiger partial charge in [-0.2, -0.15) is 0 Å². The monoisotopic (exact) mass is 293 g/mol. The van der Waals surface area contributed by atoms with Crippen LogP contribution in [0.2, 0.25) is 0 Å². The standard InChI is InChI=1S/C16H17F2NO2/c1-20-9-10-21-14-8-3-2-5-11(14)16(19)12-6-4-7-13(17)15(12)18/h2-8,16H,9-10,19H2,1H3. The van der Waals surface area contributed by atoms with Gasteiger partial charge < -0.3 is 15.2 Å². The zero-order valence-electron chi connectivity index (χ0n) is 11.7. The van der Waals surface area contributed by atoms with Gasteiger partial charge >= 0.3 is 0 Å². The van der Waals surface area contributed by atoms with Gasteiger partial charge in [0.25, 0.3) is 0 Å². The molecule has 0 saturated carbocycles. The Kier molecular flexibility index (Phi) is 5.25. The molecular formula is C16H17F2NO2. The first-order valence-corrected chi connectivity index (χ1v) is 6.55. The number of ether oxygens (including phenoxy) is 2. The number of halogens is 2. The Hall–Kier alpha value is -1.98. The van der Waals surface area contributed by atoms with E-state index in [1.54, 1.807) is 31.4 Å². The molecule has 5 heteroatoms. The molecule has 0 amide bonds. The van der Waals surface area contributed by atoms with Crippen LogP contribution in [0.3, 0.4) is 0 Å². The molecule has 0 aliphatic heterocycles. The zero-order chi connectivity index (χ0) is 15.2. The zero-order valence-corrected chi connectivity index (χ0v) is 11.7. The van der Waals surface area contributed by atoms with Crippen molar-refractivity contribution < 1.29 is 18.3 Å². The topological polar surface area (TPSA) is 44.5 Å². The number of benzene rings is 2. The largest absolute Gasteiger partial charge is 0.491 e. The highest BCUT2D eigenvalue weighted by Crippen LogP contribution is 2.30. The number of nitrogens with two attached hydrogens (primary N) is 1. The third-order valence-electron chi connectivity index (χ3n) is 3.12. The second-order valence-corrected chi connectivity index (χ2v) is 4.50. The van der Waals surface area contributed by atoms with Gasteiger partial charge in [-0.1, -0.05) is 30.3 Å². The average Bonchev–Trinajstić information content (AvgIpc) is 2.50. The summed E-state index contributed by atoms with van der Waals surface area (Å²) in [4.78, 5) is 0. The Morgan fingerprint density at radius 2 is 1.71 bits per heavy atom. The average molecular weight is 293 g/mol. The Morgan fingerprint density at radius 1 is 1.00 bits per heavy atom. The molecule has 2 rings (SSSR count). The van der Waals surface area contributed by atoms with Crippen LogP contribution < -0.4 is 10.5 Å². The van der Waals surface area contributed by atoms with Crippen molar-refractivity contribution in [2.45, 2.75) is 6.04 Å². The minimum absolute atomic E-state index is 0.0952. The maximum Gasteiger partial charge on any atom is 0.163 e. The minimum Gasteiger partial charge on any atom is -0.491 e. The van der Waals surface area contributed by atoms with Crippen LogP contribution in [-0.2, 0) is 4.74 Å². The van der Waals surface area contributed by atoms with Crippen molar-refractivity contribution in [3.05, 3.63) is 65.2 Å². The van der Waals surface area contributed by atoms with Crippen LogP contribution in [0.15, 0.2) is 42.5 Å². The molecule has 0 heterocycles. The Balaban J connectivity index is 2.30. The lowest BCUT2D eigenvalue weighted by Gasteiger charge is -2.18. The quantitative estimate of drug-likeness (QED) is 0.833. The first kappa shape index (κ1) is 15.4. The fraction of sp³-hybridized carbons (Fsp3) is 0.250. The summed E-state index contributed by atoms with van der Waals surface area (Å²) < 4.78 is 37.7. The SMILES string of the molecule is COCCOc1ccccc1C(N)c1cccc(F)c1F. The lowest BCUT2D eigenvalue weighted by Crippen LogP contribution is -2.16. The smallest absolute Gasteiger partial charge is 0.163 e. The molecule has 2 aromatic rings. The Morgan fingerprint density at radius 3 is 2.48 bits per heavy atom. The fourth-order valence-electron chi connectivity index (χ4n) is 2.03. The third kappa shape index (κ3) is 3.56. The van der Waals surface area contributed by atoms with Gasteiger partial charge in [0, 0.05) is 18.2 Å². The molecule has 0 fully saturated rings. The second kappa shape index (κ2) is 7.15. The summed E-state index contributed by atoms with van der Waals surface area (Å²) in [5.41, 5.74) is 6.76. The summed E-state index contributed by atoms with van der Waals surface area (Å²) in [6.07, 6.45) is 0.